The summed E-state index contributed by atoms with van der Waals surface area (Å²) in [4.78, 5) is 0. The monoisotopic (exact) mass is 300 g/mol. The Kier molecular flexibility index (Phi) is 4.34. The molecule has 0 aliphatic rings. The van der Waals surface area contributed by atoms with Crippen LogP contribution in [0.3, 0.4) is 0 Å². The molecule has 0 heterocycles. The summed E-state index contributed by atoms with van der Waals surface area (Å²) in [5.74, 6) is 0.517. The zero-order valence-corrected chi connectivity index (χ0v) is 14.4. The summed E-state index contributed by atoms with van der Waals surface area (Å²) in [5, 5.41) is 0. The summed E-state index contributed by atoms with van der Waals surface area (Å²) in [6.45, 7) is 8.82. The first-order valence-corrected chi connectivity index (χ1v) is 8.32. The molecule has 0 N–H and O–H groups in total. The lowest BCUT2D eigenvalue weighted by molar-refractivity contribution is 0.867. The van der Waals surface area contributed by atoms with E-state index >= 15 is 0 Å². The fourth-order valence-electron chi connectivity index (χ4n) is 2.97. The Bertz CT molecular complexity index is 761. The summed E-state index contributed by atoms with van der Waals surface area (Å²) >= 11 is 0. The average molecular weight is 300 g/mol. The zero-order chi connectivity index (χ0) is 16.4. The fraction of sp³-hybridized carbons (Fsp3) is 0.217. The third kappa shape index (κ3) is 3.53. The Morgan fingerprint density at radius 2 is 1.04 bits per heavy atom. The molecule has 0 heteroatoms. The summed E-state index contributed by atoms with van der Waals surface area (Å²) < 4.78 is 0. The van der Waals surface area contributed by atoms with E-state index in [0.29, 0.717) is 5.92 Å². The van der Waals surface area contributed by atoms with Gasteiger partial charge in [0, 0.05) is 0 Å². The van der Waals surface area contributed by atoms with Crippen molar-refractivity contribution >= 4 is 0 Å². The van der Waals surface area contributed by atoms with Crippen LogP contribution in [0, 0.1) is 13.8 Å². The normalized spacial score (nSPS) is 11.0. The van der Waals surface area contributed by atoms with Crippen molar-refractivity contribution in [2.45, 2.75) is 33.6 Å². The molecule has 0 aliphatic heterocycles. The first-order chi connectivity index (χ1) is 11.0. The highest BCUT2D eigenvalue weighted by atomic mass is 14.1. The van der Waals surface area contributed by atoms with Crippen molar-refractivity contribution in [3.05, 3.63) is 83.4 Å². The van der Waals surface area contributed by atoms with Crippen molar-refractivity contribution in [1.29, 1.82) is 0 Å². The van der Waals surface area contributed by atoms with Crippen LogP contribution >= 0.6 is 0 Å². The van der Waals surface area contributed by atoms with Crippen molar-refractivity contribution in [2.75, 3.05) is 0 Å². The van der Waals surface area contributed by atoms with E-state index in [-0.39, 0.29) is 0 Å². The van der Waals surface area contributed by atoms with Gasteiger partial charge in [0.15, 0.2) is 0 Å². The van der Waals surface area contributed by atoms with Gasteiger partial charge in [0.2, 0.25) is 0 Å². The van der Waals surface area contributed by atoms with Crippen LogP contribution in [0.5, 0.6) is 0 Å². The molecule has 0 atom stereocenters. The number of hydrogen-bond donors (Lipinski definition) is 0. The molecular formula is C23H24. The average Bonchev–Trinajstić information content (AvgIpc) is 2.54. The second-order valence-electron chi connectivity index (χ2n) is 6.74. The highest BCUT2D eigenvalue weighted by molar-refractivity contribution is 5.75. The number of benzene rings is 3. The van der Waals surface area contributed by atoms with Gasteiger partial charge in [-0.2, -0.15) is 0 Å². The van der Waals surface area contributed by atoms with Crippen molar-refractivity contribution in [3.63, 3.8) is 0 Å². The van der Waals surface area contributed by atoms with E-state index in [1.165, 1.54) is 38.9 Å². The van der Waals surface area contributed by atoms with Gasteiger partial charge >= 0.3 is 0 Å². The van der Waals surface area contributed by atoms with Crippen molar-refractivity contribution in [3.8, 4) is 22.3 Å². The maximum Gasteiger partial charge on any atom is -0.0175 e. The van der Waals surface area contributed by atoms with Crippen LogP contribution in [0.25, 0.3) is 22.3 Å². The minimum atomic E-state index is 0.517. The Balaban J connectivity index is 2.17. The lowest BCUT2D eigenvalue weighted by Gasteiger charge is -2.13. The molecule has 116 valence electrons. The van der Waals surface area contributed by atoms with Gasteiger partial charge in [0.1, 0.15) is 0 Å². The van der Waals surface area contributed by atoms with Crippen LogP contribution in [0.2, 0.25) is 0 Å². The van der Waals surface area contributed by atoms with Gasteiger partial charge in [0.25, 0.3) is 0 Å². The van der Waals surface area contributed by atoms with E-state index in [1.807, 2.05) is 0 Å². The van der Waals surface area contributed by atoms with E-state index in [9.17, 15) is 0 Å². The molecule has 0 nitrogen and oxygen atoms in total. The van der Waals surface area contributed by atoms with Crippen LogP contribution in [0.4, 0.5) is 0 Å². The molecule has 0 saturated carbocycles. The van der Waals surface area contributed by atoms with Gasteiger partial charge in [-0.05, 0) is 53.6 Å². The third-order valence-corrected chi connectivity index (χ3v) is 4.32. The van der Waals surface area contributed by atoms with Crippen molar-refractivity contribution in [2.24, 2.45) is 0 Å². The summed E-state index contributed by atoms with van der Waals surface area (Å²) in [5.41, 5.74) is 9.18. The molecular weight excluding hydrogens is 276 g/mol. The van der Waals surface area contributed by atoms with E-state index in [0.717, 1.165) is 0 Å². The maximum atomic E-state index is 2.33. The molecule has 0 radical (unpaired) electrons. The lowest BCUT2D eigenvalue weighted by Crippen LogP contribution is -1.91. The molecule has 0 aromatic heterocycles. The second kappa shape index (κ2) is 6.42. The molecule has 0 saturated heterocycles. The molecule has 3 rings (SSSR count). The molecule has 0 fully saturated rings. The van der Waals surface area contributed by atoms with E-state index in [1.54, 1.807) is 0 Å². The molecule has 0 spiro atoms. The minimum Gasteiger partial charge on any atom is -0.0614 e. The van der Waals surface area contributed by atoms with Crippen LogP contribution in [0.15, 0.2) is 66.7 Å². The van der Waals surface area contributed by atoms with E-state index in [4.69, 9.17) is 0 Å². The minimum absolute atomic E-state index is 0.517. The van der Waals surface area contributed by atoms with Crippen molar-refractivity contribution in [1.82, 2.24) is 0 Å². The van der Waals surface area contributed by atoms with Gasteiger partial charge in [-0.25, -0.2) is 0 Å². The van der Waals surface area contributed by atoms with E-state index in [2.05, 4.69) is 94.4 Å². The van der Waals surface area contributed by atoms with Crippen LogP contribution in [0.1, 0.15) is 36.5 Å². The first-order valence-electron chi connectivity index (χ1n) is 8.32. The van der Waals surface area contributed by atoms with Crippen LogP contribution in [-0.2, 0) is 0 Å². The summed E-state index contributed by atoms with van der Waals surface area (Å²) in [6.07, 6.45) is 0. The standard InChI is InChI=1S/C23H24/c1-16(2)21-13-22(19-9-5-7-17(3)11-19)15-23(14-21)20-10-6-8-18(4)12-20/h5-16H,1-4H3. The summed E-state index contributed by atoms with van der Waals surface area (Å²) in [7, 11) is 0. The third-order valence-electron chi connectivity index (χ3n) is 4.32. The molecule has 0 bridgehead atoms. The molecule has 0 amide bonds. The molecule has 0 unspecified atom stereocenters. The van der Waals surface area contributed by atoms with Crippen molar-refractivity contribution < 1.29 is 0 Å². The molecule has 3 aromatic rings. The summed E-state index contributed by atoms with van der Waals surface area (Å²) in [6, 6.07) is 24.5. The Hall–Kier alpha value is -2.34. The second-order valence-corrected chi connectivity index (χ2v) is 6.74. The smallest absolute Gasteiger partial charge is 0.0175 e. The molecule has 23 heavy (non-hydrogen) atoms. The van der Waals surface area contributed by atoms with Gasteiger partial charge in [-0.3, -0.25) is 0 Å². The first kappa shape index (κ1) is 15.6. The SMILES string of the molecule is Cc1cccc(-c2cc(-c3cccc(C)c3)cc(C(C)C)c2)c1. The Morgan fingerprint density at radius 3 is 1.43 bits per heavy atom. The molecule has 3 aromatic carbocycles. The quantitative estimate of drug-likeness (QED) is 0.501. The van der Waals surface area contributed by atoms with Gasteiger partial charge in [-0.1, -0.05) is 85.6 Å². The number of aryl methyl sites for hydroxylation is 2. The topological polar surface area (TPSA) is 0 Å². The number of hydrogen-bond acceptors (Lipinski definition) is 0. The molecule has 0 aliphatic carbocycles. The van der Waals surface area contributed by atoms with Crippen LogP contribution < -0.4 is 0 Å². The Morgan fingerprint density at radius 1 is 0.565 bits per heavy atom. The zero-order valence-electron chi connectivity index (χ0n) is 14.4. The van der Waals surface area contributed by atoms with Gasteiger partial charge in [-0.15, -0.1) is 0 Å². The van der Waals surface area contributed by atoms with Crippen LogP contribution in [-0.4, -0.2) is 0 Å². The fourth-order valence-corrected chi connectivity index (χ4v) is 2.97. The van der Waals surface area contributed by atoms with E-state index < -0.39 is 0 Å². The maximum absolute atomic E-state index is 2.33. The van der Waals surface area contributed by atoms with Gasteiger partial charge in [0.05, 0.1) is 0 Å². The number of rotatable bonds is 3. The predicted molar refractivity (Wildman–Crippen MR) is 101 cm³/mol. The lowest BCUT2D eigenvalue weighted by atomic mass is 9.91. The Labute approximate surface area is 139 Å². The van der Waals surface area contributed by atoms with Gasteiger partial charge < -0.3 is 0 Å². The highest BCUT2D eigenvalue weighted by Gasteiger charge is 2.08. The predicted octanol–water partition coefficient (Wildman–Crippen LogP) is 6.76. The highest BCUT2D eigenvalue weighted by Crippen LogP contribution is 2.31. The largest absolute Gasteiger partial charge is 0.0614 e.